The maximum Gasteiger partial charge on any atom is 0.292 e. The lowest BCUT2D eigenvalue weighted by molar-refractivity contribution is -0.384. The summed E-state index contributed by atoms with van der Waals surface area (Å²) in [6.45, 7) is 4.30. The molecular weight excluding hydrogens is 250 g/mol. The predicted octanol–water partition coefficient (Wildman–Crippen LogP) is 3.28. The van der Waals surface area contributed by atoms with Crippen LogP contribution in [0.2, 0.25) is 0 Å². The van der Waals surface area contributed by atoms with Crippen LogP contribution in [0.3, 0.4) is 0 Å². The Bertz CT molecular complexity index is 567. The van der Waals surface area contributed by atoms with Gasteiger partial charge in [0.1, 0.15) is 5.69 Å². The lowest BCUT2D eigenvalue weighted by atomic mass is 10.1. The summed E-state index contributed by atoms with van der Waals surface area (Å²) in [7, 11) is 0. The summed E-state index contributed by atoms with van der Waals surface area (Å²) in [6, 6.07) is 3.40. The van der Waals surface area contributed by atoms with Gasteiger partial charge in [0.15, 0.2) is 0 Å². The number of rotatable bonds is 4. The van der Waals surface area contributed by atoms with E-state index in [2.05, 4.69) is 10.3 Å². The number of benzene rings is 1. The van der Waals surface area contributed by atoms with Gasteiger partial charge < -0.3 is 5.32 Å². The van der Waals surface area contributed by atoms with Gasteiger partial charge in [-0.2, -0.15) is 0 Å². The fraction of sp³-hybridized carbons (Fsp3) is 0.250. The highest BCUT2D eigenvalue weighted by atomic mass is 32.1. The molecule has 0 fully saturated rings. The van der Waals surface area contributed by atoms with E-state index in [-0.39, 0.29) is 10.6 Å². The van der Waals surface area contributed by atoms with Crippen molar-refractivity contribution in [3.05, 3.63) is 50.0 Å². The number of hydrogen-bond donors (Lipinski definition) is 1. The van der Waals surface area contributed by atoms with Crippen LogP contribution >= 0.6 is 11.3 Å². The summed E-state index contributed by atoms with van der Waals surface area (Å²) in [5.74, 6) is 0. The van der Waals surface area contributed by atoms with Gasteiger partial charge in [-0.3, -0.25) is 10.1 Å². The van der Waals surface area contributed by atoms with Crippen molar-refractivity contribution < 1.29 is 4.92 Å². The van der Waals surface area contributed by atoms with Gasteiger partial charge in [0, 0.05) is 11.4 Å². The van der Waals surface area contributed by atoms with Crippen LogP contribution in [0.5, 0.6) is 0 Å². The van der Waals surface area contributed by atoms with Crippen molar-refractivity contribution in [3.8, 4) is 0 Å². The third kappa shape index (κ3) is 2.65. The zero-order valence-electron chi connectivity index (χ0n) is 10.1. The lowest BCUT2D eigenvalue weighted by Crippen LogP contribution is -2.04. The molecule has 1 heterocycles. The minimum atomic E-state index is -0.365. The van der Waals surface area contributed by atoms with Crippen LogP contribution in [0.4, 0.5) is 11.4 Å². The van der Waals surface area contributed by atoms with Crippen LogP contribution in [-0.2, 0) is 6.54 Å². The fourth-order valence-corrected chi connectivity index (χ4v) is 2.16. The molecule has 0 saturated heterocycles. The van der Waals surface area contributed by atoms with E-state index in [4.69, 9.17) is 0 Å². The second-order valence-corrected chi connectivity index (χ2v) is 4.76. The average Bonchev–Trinajstić information content (AvgIpc) is 2.83. The molecule has 0 bridgehead atoms. The number of nitrogens with one attached hydrogen (secondary N) is 1. The highest BCUT2D eigenvalue weighted by Gasteiger charge is 2.15. The molecule has 1 aromatic carbocycles. The Kier molecular flexibility index (Phi) is 3.57. The van der Waals surface area contributed by atoms with E-state index < -0.39 is 0 Å². The molecule has 0 amide bonds. The molecule has 0 aliphatic heterocycles. The molecule has 6 heteroatoms. The minimum Gasteiger partial charge on any atom is -0.374 e. The lowest BCUT2D eigenvalue weighted by Gasteiger charge is -2.08. The molecule has 0 unspecified atom stereocenters. The predicted molar refractivity (Wildman–Crippen MR) is 72.0 cm³/mol. The van der Waals surface area contributed by atoms with E-state index >= 15 is 0 Å². The zero-order valence-corrected chi connectivity index (χ0v) is 11.0. The molecule has 2 rings (SSSR count). The first-order valence-electron chi connectivity index (χ1n) is 5.44. The molecule has 18 heavy (non-hydrogen) atoms. The molecular formula is C12H13N3O2S. The third-order valence-electron chi connectivity index (χ3n) is 2.75. The van der Waals surface area contributed by atoms with Crippen LogP contribution in [0.25, 0.3) is 0 Å². The second-order valence-electron chi connectivity index (χ2n) is 4.04. The van der Waals surface area contributed by atoms with Crippen molar-refractivity contribution >= 4 is 22.7 Å². The van der Waals surface area contributed by atoms with Crippen LogP contribution < -0.4 is 5.32 Å². The highest BCUT2D eigenvalue weighted by Crippen LogP contribution is 2.28. The summed E-state index contributed by atoms with van der Waals surface area (Å²) >= 11 is 1.51. The van der Waals surface area contributed by atoms with Gasteiger partial charge in [0.2, 0.25) is 0 Å². The molecule has 0 atom stereocenters. The number of aromatic nitrogens is 1. The van der Waals surface area contributed by atoms with Crippen LogP contribution in [0.1, 0.15) is 16.8 Å². The molecule has 94 valence electrons. The van der Waals surface area contributed by atoms with Crippen molar-refractivity contribution in [2.24, 2.45) is 0 Å². The van der Waals surface area contributed by atoms with Crippen molar-refractivity contribution in [2.45, 2.75) is 20.4 Å². The maximum atomic E-state index is 11.0. The Labute approximate surface area is 109 Å². The van der Waals surface area contributed by atoms with E-state index in [0.717, 1.165) is 16.8 Å². The molecule has 1 aromatic heterocycles. The summed E-state index contributed by atoms with van der Waals surface area (Å²) in [6.07, 6.45) is 0. The first kappa shape index (κ1) is 12.5. The smallest absolute Gasteiger partial charge is 0.292 e. The first-order chi connectivity index (χ1) is 8.58. The van der Waals surface area contributed by atoms with E-state index in [1.165, 1.54) is 11.3 Å². The average molecular weight is 263 g/mol. The van der Waals surface area contributed by atoms with Gasteiger partial charge in [-0.1, -0.05) is 0 Å². The Hall–Kier alpha value is -1.95. The quantitative estimate of drug-likeness (QED) is 0.679. The molecule has 5 nitrogen and oxygen atoms in total. The first-order valence-corrected chi connectivity index (χ1v) is 6.39. The third-order valence-corrected chi connectivity index (χ3v) is 3.39. The molecule has 0 radical (unpaired) electrons. The number of hydrogen-bond acceptors (Lipinski definition) is 5. The van der Waals surface area contributed by atoms with Gasteiger partial charge >= 0.3 is 0 Å². The Morgan fingerprint density at radius 2 is 2.11 bits per heavy atom. The van der Waals surface area contributed by atoms with Crippen LogP contribution in [0.15, 0.2) is 23.0 Å². The Morgan fingerprint density at radius 3 is 2.72 bits per heavy atom. The van der Waals surface area contributed by atoms with E-state index in [1.54, 1.807) is 17.6 Å². The van der Waals surface area contributed by atoms with Gasteiger partial charge in [-0.05, 0) is 31.0 Å². The highest BCUT2D eigenvalue weighted by molar-refractivity contribution is 7.07. The largest absolute Gasteiger partial charge is 0.374 e. The number of nitro benzene ring substituents is 1. The fourth-order valence-electron chi connectivity index (χ4n) is 1.60. The molecule has 0 saturated carbocycles. The topological polar surface area (TPSA) is 68.1 Å². The number of nitrogens with zero attached hydrogens (tertiary/aromatic N) is 2. The molecule has 2 aromatic rings. The van der Waals surface area contributed by atoms with E-state index in [0.29, 0.717) is 12.2 Å². The SMILES string of the molecule is Cc1cc(NCc2cscn2)c([N+](=O)[O-])cc1C. The second kappa shape index (κ2) is 5.14. The molecule has 1 N–H and O–H groups in total. The summed E-state index contributed by atoms with van der Waals surface area (Å²) in [4.78, 5) is 14.8. The van der Waals surface area contributed by atoms with Crippen LogP contribution in [-0.4, -0.2) is 9.91 Å². The van der Waals surface area contributed by atoms with Crippen LogP contribution in [0, 0.1) is 24.0 Å². The maximum absolute atomic E-state index is 11.0. The van der Waals surface area contributed by atoms with Gasteiger partial charge in [0.25, 0.3) is 5.69 Å². The van der Waals surface area contributed by atoms with Crippen molar-refractivity contribution in [1.82, 2.24) is 4.98 Å². The summed E-state index contributed by atoms with van der Waals surface area (Å²) < 4.78 is 0. The molecule has 0 spiro atoms. The van der Waals surface area contributed by atoms with E-state index in [9.17, 15) is 10.1 Å². The van der Waals surface area contributed by atoms with E-state index in [1.807, 2.05) is 19.2 Å². The number of nitro groups is 1. The molecule has 0 aliphatic rings. The van der Waals surface area contributed by atoms with Crippen molar-refractivity contribution in [2.75, 3.05) is 5.32 Å². The van der Waals surface area contributed by atoms with Crippen molar-refractivity contribution in [3.63, 3.8) is 0 Å². The monoisotopic (exact) mass is 263 g/mol. The zero-order chi connectivity index (χ0) is 13.1. The van der Waals surface area contributed by atoms with Crippen molar-refractivity contribution in [1.29, 1.82) is 0 Å². The number of thiazole rings is 1. The number of anilines is 1. The normalized spacial score (nSPS) is 10.3. The standard InChI is InChI=1S/C12H13N3O2S/c1-8-3-11(12(15(16)17)4-9(8)2)13-5-10-6-18-7-14-10/h3-4,6-7,13H,5H2,1-2H3. The molecule has 0 aliphatic carbocycles. The summed E-state index contributed by atoms with van der Waals surface area (Å²) in [5.41, 5.74) is 5.21. The van der Waals surface area contributed by atoms with Gasteiger partial charge in [-0.25, -0.2) is 4.98 Å². The summed E-state index contributed by atoms with van der Waals surface area (Å²) in [5, 5.41) is 16.0. The Balaban J connectivity index is 2.25. The van der Waals surface area contributed by atoms with Gasteiger partial charge in [0.05, 0.1) is 22.7 Å². The minimum absolute atomic E-state index is 0.105. The van der Waals surface area contributed by atoms with Gasteiger partial charge in [-0.15, -0.1) is 11.3 Å². The Morgan fingerprint density at radius 1 is 1.39 bits per heavy atom. The number of aryl methyl sites for hydroxylation is 2.